The number of aliphatic carboxylic acids is 1. The fourth-order valence-electron chi connectivity index (χ4n) is 2.53. The molecule has 0 aromatic carbocycles. The van der Waals surface area contributed by atoms with E-state index in [2.05, 4.69) is 16.9 Å². The third kappa shape index (κ3) is 6.03. The lowest BCUT2D eigenvalue weighted by atomic mass is 9.95. The lowest BCUT2D eigenvalue weighted by molar-refractivity contribution is -0.137. The first kappa shape index (κ1) is 17.1. The summed E-state index contributed by atoms with van der Waals surface area (Å²) >= 11 is 1.85. The molecule has 0 aromatic rings. The van der Waals surface area contributed by atoms with Gasteiger partial charge in [-0.1, -0.05) is 20.3 Å². The average Bonchev–Trinajstić information content (AvgIpc) is 2.37. The summed E-state index contributed by atoms with van der Waals surface area (Å²) in [6, 6.07) is -0.358. The van der Waals surface area contributed by atoms with Gasteiger partial charge in [0.05, 0.1) is 6.42 Å². The Morgan fingerprint density at radius 2 is 2.05 bits per heavy atom. The van der Waals surface area contributed by atoms with Crippen molar-refractivity contribution >= 4 is 23.8 Å². The molecule has 1 aliphatic carbocycles. The van der Waals surface area contributed by atoms with E-state index < -0.39 is 5.97 Å². The maximum Gasteiger partial charge on any atom is 0.315 e. The monoisotopic (exact) mass is 302 g/mol. The molecule has 3 unspecified atom stereocenters. The van der Waals surface area contributed by atoms with Gasteiger partial charge in [-0.05, 0) is 31.4 Å². The lowest BCUT2D eigenvalue weighted by Crippen LogP contribution is -2.49. The van der Waals surface area contributed by atoms with Crippen LogP contribution in [0.15, 0.2) is 0 Å². The zero-order valence-electron chi connectivity index (χ0n) is 12.5. The number of hydrogen-bond acceptors (Lipinski definition) is 3. The molecule has 0 spiro atoms. The zero-order chi connectivity index (χ0) is 15.1. The highest BCUT2D eigenvalue weighted by atomic mass is 32.2. The van der Waals surface area contributed by atoms with Crippen LogP contribution in [-0.4, -0.2) is 40.7 Å². The van der Waals surface area contributed by atoms with Crippen LogP contribution in [0.3, 0.4) is 0 Å². The Labute approximate surface area is 125 Å². The molecule has 1 rings (SSSR count). The highest BCUT2D eigenvalue weighted by molar-refractivity contribution is 7.99. The number of thioether (sulfide) groups is 1. The van der Waals surface area contributed by atoms with Crippen LogP contribution >= 0.6 is 11.8 Å². The molecule has 0 aromatic heterocycles. The normalized spacial score (nSPS) is 24.2. The van der Waals surface area contributed by atoms with Gasteiger partial charge in [-0.15, -0.1) is 0 Å². The summed E-state index contributed by atoms with van der Waals surface area (Å²) in [6.45, 7) is 3.83. The van der Waals surface area contributed by atoms with E-state index in [1.165, 1.54) is 6.42 Å². The maximum atomic E-state index is 12.0. The summed E-state index contributed by atoms with van der Waals surface area (Å²) < 4.78 is 0. The van der Waals surface area contributed by atoms with Crippen LogP contribution in [0.5, 0.6) is 0 Å². The van der Waals surface area contributed by atoms with E-state index >= 15 is 0 Å². The number of nitrogens with one attached hydrogen (secondary N) is 2. The molecular formula is C14H26N2O3S. The van der Waals surface area contributed by atoms with Crippen molar-refractivity contribution in [1.29, 1.82) is 0 Å². The second kappa shape index (κ2) is 8.39. The van der Waals surface area contributed by atoms with Crippen molar-refractivity contribution in [2.45, 2.75) is 63.3 Å². The Morgan fingerprint density at radius 1 is 1.35 bits per heavy atom. The molecule has 5 nitrogen and oxygen atoms in total. The third-order valence-corrected chi connectivity index (χ3v) is 4.91. The number of carboxylic acids is 1. The van der Waals surface area contributed by atoms with Crippen LogP contribution in [0.1, 0.15) is 46.0 Å². The van der Waals surface area contributed by atoms with Crippen LogP contribution in [-0.2, 0) is 4.79 Å². The van der Waals surface area contributed by atoms with Crippen molar-refractivity contribution in [2.24, 2.45) is 5.92 Å². The van der Waals surface area contributed by atoms with Gasteiger partial charge in [0, 0.05) is 17.3 Å². The molecule has 2 amide bonds. The largest absolute Gasteiger partial charge is 0.481 e. The first-order valence-electron chi connectivity index (χ1n) is 7.24. The standard InChI is InChI=1S/C14H26N2O3S/c1-9(2)12(8-13(17)18)16-14(19)15-10-5-4-6-11(7-10)20-3/h9-12H,4-8H2,1-3H3,(H,17,18)(H2,15,16,19). The number of amides is 2. The van der Waals surface area contributed by atoms with E-state index in [4.69, 9.17) is 5.11 Å². The van der Waals surface area contributed by atoms with E-state index in [0.29, 0.717) is 5.25 Å². The van der Waals surface area contributed by atoms with E-state index in [9.17, 15) is 9.59 Å². The molecule has 20 heavy (non-hydrogen) atoms. The number of urea groups is 1. The molecule has 0 aliphatic heterocycles. The highest BCUT2D eigenvalue weighted by Crippen LogP contribution is 2.26. The predicted octanol–water partition coefficient (Wildman–Crippen LogP) is 2.46. The summed E-state index contributed by atoms with van der Waals surface area (Å²) in [6.07, 6.45) is 6.43. The van der Waals surface area contributed by atoms with Gasteiger partial charge in [0.1, 0.15) is 0 Å². The fourth-order valence-corrected chi connectivity index (χ4v) is 3.35. The molecule has 1 saturated carbocycles. The van der Waals surface area contributed by atoms with Gasteiger partial charge in [-0.3, -0.25) is 4.79 Å². The summed E-state index contributed by atoms with van der Waals surface area (Å²) in [4.78, 5) is 22.8. The third-order valence-electron chi connectivity index (χ3n) is 3.81. The Balaban J connectivity index is 2.42. The number of carboxylic acid groups (broad SMARTS) is 1. The second-order valence-electron chi connectivity index (χ2n) is 5.79. The van der Waals surface area contributed by atoms with Gasteiger partial charge in [-0.25, -0.2) is 4.79 Å². The molecule has 3 N–H and O–H groups in total. The van der Waals surface area contributed by atoms with Gasteiger partial charge in [0.15, 0.2) is 0 Å². The molecule has 3 atom stereocenters. The number of rotatable bonds is 6. The van der Waals surface area contributed by atoms with Gasteiger partial charge in [-0.2, -0.15) is 11.8 Å². The minimum Gasteiger partial charge on any atom is -0.481 e. The topological polar surface area (TPSA) is 78.4 Å². The lowest BCUT2D eigenvalue weighted by Gasteiger charge is -2.30. The Bertz CT molecular complexity index is 336. The van der Waals surface area contributed by atoms with Gasteiger partial charge >= 0.3 is 12.0 Å². The molecule has 1 aliphatic rings. The molecule has 0 bridgehead atoms. The van der Waals surface area contributed by atoms with E-state index in [1.54, 1.807) is 0 Å². The molecule has 0 saturated heterocycles. The van der Waals surface area contributed by atoms with E-state index in [1.807, 2.05) is 25.6 Å². The number of carbonyl (C=O) groups is 2. The van der Waals surface area contributed by atoms with Crippen LogP contribution in [0.25, 0.3) is 0 Å². The Hall–Kier alpha value is -0.910. The second-order valence-corrected chi connectivity index (χ2v) is 6.93. The average molecular weight is 302 g/mol. The molecule has 1 fully saturated rings. The quantitative estimate of drug-likeness (QED) is 0.704. The number of carbonyl (C=O) groups excluding carboxylic acids is 1. The van der Waals surface area contributed by atoms with Crippen molar-refractivity contribution < 1.29 is 14.7 Å². The van der Waals surface area contributed by atoms with Crippen LogP contribution in [0.4, 0.5) is 4.79 Å². The smallest absolute Gasteiger partial charge is 0.315 e. The van der Waals surface area contributed by atoms with Crippen molar-refractivity contribution in [3.8, 4) is 0 Å². The highest BCUT2D eigenvalue weighted by Gasteiger charge is 2.24. The maximum absolute atomic E-state index is 12.0. The molecule has 116 valence electrons. The van der Waals surface area contributed by atoms with Gasteiger partial charge in [0.25, 0.3) is 0 Å². The van der Waals surface area contributed by atoms with Crippen LogP contribution < -0.4 is 10.6 Å². The molecule has 6 heteroatoms. The Morgan fingerprint density at radius 3 is 2.60 bits per heavy atom. The first-order chi connectivity index (χ1) is 9.42. The predicted molar refractivity (Wildman–Crippen MR) is 82.1 cm³/mol. The summed E-state index contributed by atoms with van der Waals surface area (Å²) in [5.74, 6) is -0.786. The molecular weight excluding hydrogens is 276 g/mol. The van der Waals surface area contributed by atoms with Crippen molar-refractivity contribution in [2.75, 3.05) is 6.26 Å². The molecule has 0 heterocycles. The van der Waals surface area contributed by atoms with Gasteiger partial charge < -0.3 is 15.7 Å². The van der Waals surface area contributed by atoms with Crippen LogP contribution in [0, 0.1) is 5.92 Å². The van der Waals surface area contributed by atoms with Crippen LogP contribution in [0.2, 0.25) is 0 Å². The summed E-state index contributed by atoms with van der Waals surface area (Å²) in [5.41, 5.74) is 0. The fraction of sp³-hybridized carbons (Fsp3) is 0.857. The zero-order valence-corrected chi connectivity index (χ0v) is 13.3. The minimum atomic E-state index is -0.885. The summed E-state index contributed by atoms with van der Waals surface area (Å²) in [5, 5.41) is 15.3. The SMILES string of the molecule is CSC1CCCC(NC(=O)NC(CC(=O)O)C(C)C)C1. The van der Waals surface area contributed by atoms with E-state index in [-0.39, 0.29) is 30.5 Å². The number of hydrogen-bond donors (Lipinski definition) is 3. The Kier molecular flexibility index (Phi) is 7.19. The summed E-state index contributed by atoms with van der Waals surface area (Å²) in [7, 11) is 0. The first-order valence-corrected chi connectivity index (χ1v) is 8.52. The minimum absolute atomic E-state index is 0.0385. The van der Waals surface area contributed by atoms with Crippen molar-refractivity contribution in [3.63, 3.8) is 0 Å². The van der Waals surface area contributed by atoms with Crippen molar-refractivity contribution in [1.82, 2.24) is 10.6 Å². The van der Waals surface area contributed by atoms with Gasteiger partial charge in [0.2, 0.25) is 0 Å². The van der Waals surface area contributed by atoms with E-state index in [0.717, 1.165) is 19.3 Å². The van der Waals surface area contributed by atoms with Crippen molar-refractivity contribution in [3.05, 3.63) is 0 Å². The molecule has 0 radical (unpaired) electrons.